The van der Waals surface area contributed by atoms with Crippen molar-refractivity contribution in [2.75, 3.05) is 0 Å². The predicted molar refractivity (Wildman–Crippen MR) is 82.4 cm³/mol. The number of carbonyl (C=O) groups excluding carboxylic acids is 2. The first-order valence-corrected chi connectivity index (χ1v) is 7.24. The molecule has 1 atom stereocenters. The average molecular weight is 295 g/mol. The van der Waals surface area contributed by atoms with Crippen LogP contribution in [0.1, 0.15) is 35.3 Å². The highest BCUT2D eigenvalue weighted by Crippen LogP contribution is 2.38. The summed E-state index contributed by atoms with van der Waals surface area (Å²) < 4.78 is 5.44. The molecule has 1 N–H and O–H groups in total. The summed E-state index contributed by atoms with van der Waals surface area (Å²) in [4.78, 5) is 25.2. The topological polar surface area (TPSA) is 55.4 Å². The predicted octanol–water partition coefficient (Wildman–Crippen LogP) is 2.63. The van der Waals surface area contributed by atoms with Gasteiger partial charge in [-0.15, -0.1) is 0 Å². The van der Waals surface area contributed by atoms with Gasteiger partial charge in [0.2, 0.25) is 0 Å². The van der Waals surface area contributed by atoms with Crippen molar-refractivity contribution in [1.82, 2.24) is 5.32 Å². The number of amides is 1. The van der Waals surface area contributed by atoms with Gasteiger partial charge in [-0.25, -0.2) is 4.79 Å². The lowest BCUT2D eigenvalue weighted by Gasteiger charge is -2.29. The Morgan fingerprint density at radius 1 is 1.05 bits per heavy atom. The van der Waals surface area contributed by atoms with Crippen LogP contribution in [0.4, 0.5) is 0 Å². The van der Waals surface area contributed by atoms with E-state index in [2.05, 4.69) is 5.32 Å². The number of hydrogen-bond acceptors (Lipinski definition) is 3. The van der Waals surface area contributed by atoms with E-state index in [4.69, 9.17) is 4.74 Å². The maximum absolute atomic E-state index is 12.8. The lowest BCUT2D eigenvalue weighted by molar-refractivity contribution is -0.153. The van der Waals surface area contributed by atoms with Crippen molar-refractivity contribution in [3.05, 3.63) is 71.3 Å². The van der Waals surface area contributed by atoms with Crippen LogP contribution in [0, 0.1) is 0 Å². The molecule has 0 fully saturated rings. The van der Waals surface area contributed by atoms with E-state index in [0.29, 0.717) is 16.7 Å². The Kier molecular flexibility index (Phi) is 3.45. The molecule has 1 aliphatic heterocycles. The number of ether oxygens (including phenoxy) is 1. The molecule has 0 saturated heterocycles. The summed E-state index contributed by atoms with van der Waals surface area (Å²) in [5.74, 6) is -0.729. The molecule has 4 heteroatoms. The van der Waals surface area contributed by atoms with Gasteiger partial charge >= 0.3 is 5.97 Å². The van der Waals surface area contributed by atoms with Crippen molar-refractivity contribution in [2.45, 2.75) is 25.5 Å². The van der Waals surface area contributed by atoms with Crippen molar-refractivity contribution in [3.8, 4) is 0 Å². The fraction of sp³-hybridized carbons (Fsp3) is 0.222. The first-order valence-electron chi connectivity index (χ1n) is 7.24. The third-order valence-corrected chi connectivity index (χ3v) is 3.73. The number of esters is 1. The van der Waals surface area contributed by atoms with E-state index in [1.165, 1.54) is 0 Å². The summed E-state index contributed by atoms with van der Waals surface area (Å²) >= 11 is 0. The fourth-order valence-corrected chi connectivity index (χ4v) is 2.81. The van der Waals surface area contributed by atoms with Gasteiger partial charge in [0.05, 0.1) is 6.10 Å². The van der Waals surface area contributed by atoms with Crippen molar-refractivity contribution in [1.29, 1.82) is 0 Å². The summed E-state index contributed by atoms with van der Waals surface area (Å²) in [5.41, 5.74) is 0.557. The van der Waals surface area contributed by atoms with Crippen molar-refractivity contribution in [3.63, 3.8) is 0 Å². The second-order valence-corrected chi connectivity index (χ2v) is 5.57. The van der Waals surface area contributed by atoms with Gasteiger partial charge in [-0.2, -0.15) is 0 Å². The largest absolute Gasteiger partial charge is 0.461 e. The first kappa shape index (κ1) is 14.3. The Hall–Kier alpha value is -2.62. The van der Waals surface area contributed by atoms with Gasteiger partial charge in [-0.1, -0.05) is 48.5 Å². The molecule has 0 saturated carbocycles. The van der Waals surface area contributed by atoms with Crippen LogP contribution in [0.3, 0.4) is 0 Å². The van der Waals surface area contributed by atoms with Crippen molar-refractivity contribution < 1.29 is 14.3 Å². The Morgan fingerprint density at radius 3 is 2.36 bits per heavy atom. The normalized spacial score (nSPS) is 19.7. The molecule has 0 aromatic heterocycles. The maximum atomic E-state index is 12.8. The van der Waals surface area contributed by atoms with E-state index in [9.17, 15) is 9.59 Å². The minimum absolute atomic E-state index is 0.264. The Labute approximate surface area is 129 Å². The summed E-state index contributed by atoms with van der Waals surface area (Å²) in [6, 6.07) is 16.3. The van der Waals surface area contributed by atoms with E-state index in [-0.39, 0.29) is 12.0 Å². The number of nitrogens with one attached hydrogen (secondary N) is 1. The molecular formula is C18H17NO3. The zero-order chi connectivity index (χ0) is 15.7. The number of fused-ring (bicyclic) bond motifs is 1. The Balaban J connectivity index is 2.22. The minimum atomic E-state index is -1.28. The zero-order valence-corrected chi connectivity index (χ0v) is 12.5. The fourth-order valence-electron chi connectivity index (χ4n) is 2.81. The van der Waals surface area contributed by atoms with Crippen LogP contribution in [-0.4, -0.2) is 18.0 Å². The summed E-state index contributed by atoms with van der Waals surface area (Å²) in [6.45, 7) is 3.58. The average Bonchev–Trinajstić information content (AvgIpc) is 2.82. The maximum Gasteiger partial charge on any atom is 0.341 e. The second kappa shape index (κ2) is 5.30. The third-order valence-electron chi connectivity index (χ3n) is 3.73. The molecule has 0 radical (unpaired) electrons. The third kappa shape index (κ3) is 2.08. The van der Waals surface area contributed by atoms with E-state index in [0.717, 1.165) is 0 Å². The van der Waals surface area contributed by atoms with Crippen LogP contribution in [0.25, 0.3) is 0 Å². The van der Waals surface area contributed by atoms with E-state index >= 15 is 0 Å². The quantitative estimate of drug-likeness (QED) is 0.886. The lowest BCUT2D eigenvalue weighted by Crippen LogP contribution is -2.49. The smallest absolute Gasteiger partial charge is 0.341 e. The van der Waals surface area contributed by atoms with Gasteiger partial charge < -0.3 is 10.1 Å². The minimum Gasteiger partial charge on any atom is -0.461 e. The highest BCUT2D eigenvalue weighted by atomic mass is 16.5. The molecule has 1 unspecified atom stereocenters. The molecule has 2 aromatic rings. The van der Waals surface area contributed by atoms with Gasteiger partial charge in [-0.05, 0) is 25.5 Å². The molecule has 0 spiro atoms. The SMILES string of the molecule is CC(C)OC(=O)C1(c2ccccc2)NC(=O)c2ccccc21. The number of benzene rings is 2. The van der Waals surface area contributed by atoms with Gasteiger partial charge in [0.1, 0.15) is 0 Å². The van der Waals surface area contributed by atoms with E-state index < -0.39 is 11.5 Å². The summed E-state index contributed by atoms with van der Waals surface area (Å²) in [7, 11) is 0. The van der Waals surface area contributed by atoms with Crippen LogP contribution in [0.5, 0.6) is 0 Å². The van der Waals surface area contributed by atoms with Crippen LogP contribution in [0.2, 0.25) is 0 Å². The summed E-state index contributed by atoms with van der Waals surface area (Å²) in [6.07, 6.45) is -0.266. The Morgan fingerprint density at radius 2 is 1.68 bits per heavy atom. The zero-order valence-electron chi connectivity index (χ0n) is 12.5. The van der Waals surface area contributed by atoms with Gasteiger partial charge in [0.15, 0.2) is 5.54 Å². The van der Waals surface area contributed by atoms with E-state index in [1.807, 2.05) is 36.4 Å². The highest BCUT2D eigenvalue weighted by molar-refractivity contribution is 6.07. The number of rotatable bonds is 3. The molecule has 0 bridgehead atoms. The number of carbonyl (C=O) groups is 2. The van der Waals surface area contributed by atoms with Gasteiger partial charge in [-0.3, -0.25) is 4.79 Å². The number of hydrogen-bond donors (Lipinski definition) is 1. The highest BCUT2D eigenvalue weighted by Gasteiger charge is 2.51. The van der Waals surface area contributed by atoms with E-state index in [1.54, 1.807) is 32.0 Å². The Bertz CT molecular complexity index is 724. The molecule has 1 aliphatic rings. The lowest BCUT2D eigenvalue weighted by atomic mass is 9.83. The molecule has 1 heterocycles. The van der Waals surface area contributed by atoms with Gasteiger partial charge in [0, 0.05) is 11.1 Å². The van der Waals surface area contributed by atoms with Crippen LogP contribution >= 0.6 is 0 Å². The molecule has 3 rings (SSSR count). The molecule has 2 aromatic carbocycles. The first-order chi connectivity index (χ1) is 10.6. The molecule has 0 aliphatic carbocycles. The second-order valence-electron chi connectivity index (χ2n) is 5.57. The summed E-state index contributed by atoms with van der Waals surface area (Å²) in [5, 5.41) is 2.84. The molecule has 1 amide bonds. The molecular weight excluding hydrogens is 278 g/mol. The van der Waals surface area contributed by atoms with Crippen molar-refractivity contribution in [2.24, 2.45) is 0 Å². The van der Waals surface area contributed by atoms with Crippen LogP contribution in [0.15, 0.2) is 54.6 Å². The molecule has 112 valence electrons. The van der Waals surface area contributed by atoms with Gasteiger partial charge in [0.25, 0.3) is 5.91 Å². The monoisotopic (exact) mass is 295 g/mol. The molecule has 22 heavy (non-hydrogen) atoms. The van der Waals surface area contributed by atoms with Crippen LogP contribution < -0.4 is 5.32 Å². The van der Waals surface area contributed by atoms with Crippen LogP contribution in [-0.2, 0) is 15.1 Å². The van der Waals surface area contributed by atoms with Crippen molar-refractivity contribution >= 4 is 11.9 Å². The molecule has 4 nitrogen and oxygen atoms in total. The standard InChI is InChI=1S/C18H17NO3/c1-12(2)22-17(21)18(13-8-4-3-5-9-13)15-11-7-6-10-14(15)16(20)19-18/h3-12H,1-2H3,(H,19,20).